The minimum absolute atomic E-state index is 0.00775. The Morgan fingerprint density at radius 3 is 2.74 bits per heavy atom. The van der Waals surface area contributed by atoms with Crippen molar-refractivity contribution >= 4 is 40.7 Å². The van der Waals surface area contributed by atoms with Gasteiger partial charge >= 0.3 is 0 Å². The molecule has 0 saturated carbocycles. The van der Waals surface area contributed by atoms with Gasteiger partial charge in [0.15, 0.2) is 0 Å². The highest BCUT2D eigenvalue weighted by Gasteiger charge is 2.28. The zero-order valence-corrected chi connectivity index (χ0v) is 22.7. The molecular weight excluding hydrogens is 516 g/mol. The zero-order valence-electron chi connectivity index (χ0n) is 21.0. The number of benzene rings is 1. The first-order valence-corrected chi connectivity index (χ1v) is 14.2. The van der Waals surface area contributed by atoms with Gasteiger partial charge in [-0.25, -0.2) is 9.97 Å². The molecule has 2 amide bonds. The molecule has 1 aromatic carbocycles. The first kappa shape index (κ1) is 25.9. The molecule has 194 valence electrons. The largest absolute Gasteiger partial charge is 0.339 e. The lowest BCUT2D eigenvalue weighted by Gasteiger charge is -2.31. The van der Waals surface area contributed by atoms with Crippen molar-refractivity contribution in [1.29, 1.82) is 0 Å². The van der Waals surface area contributed by atoms with Gasteiger partial charge in [0.25, 0.3) is 11.8 Å². The van der Waals surface area contributed by atoms with Crippen LogP contribution < -0.4 is 5.32 Å². The van der Waals surface area contributed by atoms with Crippen LogP contribution in [0.3, 0.4) is 0 Å². The monoisotopic (exact) mass is 544 g/mol. The number of pyridine rings is 1. The first-order valence-electron chi connectivity index (χ1n) is 12.4. The van der Waals surface area contributed by atoms with E-state index >= 15 is 0 Å². The number of anilines is 1. The smallest absolute Gasteiger partial charge is 0.276 e. The van der Waals surface area contributed by atoms with Crippen molar-refractivity contribution in [3.05, 3.63) is 89.0 Å². The van der Waals surface area contributed by atoms with Gasteiger partial charge in [0, 0.05) is 55.0 Å². The number of likely N-dealkylation sites (tertiary alicyclic amines) is 1. The third-order valence-corrected chi connectivity index (χ3v) is 8.42. The highest BCUT2D eigenvalue weighted by molar-refractivity contribution is 7.99. The number of hydrogen-bond donors (Lipinski definition) is 1. The summed E-state index contributed by atoms with van der Waals surface area (Å²) in [6.45, 7) is 5.03. The van der Waals surface area contributed by atoms with E-state index in [4.69, 9.17) is 0 Å². The minimum atomic E-state index is -0.260. The molecule has 38 heavy (non-hydrogen) atoms. The van der Waals surface area contributed by atoms with Crippen LogP contribution in [0.5, 0.6) is 0 Å². The maximum atomic E-state index is 13.2. The third-order valence-electron chi connectivity index (χ3n) is 6.42. The van der Waals surface area contributed by atoms with Crippen molar-refractivity contribution in [2.75, 3.05) is 24.2 Å². The van der Waals surface area contributed by atoms with Gasteiger partial charge in [-0.2, -0.15) is 5.10 Å². The number of thiazole rings is 1. The van der Waals surface area contributed by atoms with Gasteiger partial charge in [0.2, 0.25) is 0 Å². The SMILES string of the molecule is C=CCSc1ncccc1C(=O)N1CCC(c2nc(C(=O)Nc3cc(-c4ccccc4)nn3C)cs2)CC1. The van der Waals surface area contributed by atoms with Gasteiger partial charge in [0.1, 0.15) is 16.5 Å². The second-order valence-corrected chi connectivity index (χ2v) is 10.9. The Hall–Kier alpha value is -3.76. The summed E-state index contributed by atoms with van der Waals surface area (Å²) < 4.78 is 1.66. The third kappa shape index (κ3) is 5.71. The number of nitrogens with one attached hydrogen (secondary N) is 1. The number of hydrogen-bond acceptors (Lipinski definition) is 7. The summed E-state index contributed by atoms with van der Waals surface area (Å²) in [4.78, 5) is 37.0. The van der Waals surface area contributed by atoms with Crippen LogP contribution >= 0.6 is 23.1 Å². The van der Waals surface area contributed by atoms with Crippen LogP contribution in [0.25, 0.3) is 11.3 Å². The summed E-state index contributed by atoms with van der Waals surface area (Å²) in [6.07, 6.45) is 5.12. The molecule has 1 saturated heterocycles. The van der Waals surface area contributed by atoms with E-state index in [2.05, 4.69) is 27.0 Å². The Balaban J connectivity index is 1.19. The summed E-state index contributed by atoms with van der Waals surface area (Å²) in [5.41, 5.74) is 2.81. The van der Waals surface area contributed by atoms with Crippen molar-refractivity contribution in [2.24, 2.45) is 7.05 Å². The molecule has 8 nitrogen and oxygen atoms in total. The molecule has 0 bridgehead atoms. The average molecular weight is 545 g/mol. The maximum Gasteiger partial charge on any atom is 0.276 e. The van der Waals surface area contributed by atoms with Gasteiger partial charge in [-0.15, -0.1) is 29.7 Å². The van der Waals surface area contributed by atoms with Crippen molar-refractivity contribution in [3.63, 3.8) is 0 Å². The number of thioether (sulfide) groups is 1. The molecular formula is C28H28N6O2S2. The van der Waals surface area contributed by atoms with Crippen molar-refractivity contribution in [2.45, 2.75) is 23.8 Å². The number of aryl methyl sites for hydroxylation is 1. The molecule has 1 aliphatic rings. The summed E-state index contributed by atoms with van der Waals surface area (Å²) >= 11 is 3.01. The van der Waals surface area contributed by atoms with Gasteiger partial charge in [-0.05, 0) is 25.0 Å². The Bertz CT molecular complexity index is 1440. The number of rotatable bonds is 8. The standard InChI is InChI=1S/C28H28N6O2S2/c1-3-16-37-27-21(10-7-13-29-27)28(36)34-14-11-20(12-15-34)26-30-23(18-38-26)25(35)31-24-17-22(32-33(24)2)19-8-5-4-6-9-19/h3-10,13,17-18,20H,1,11-12,14-16H2,2H3,(H,31,35). The molecule has 3 aromatic heterocycles. The van der Waals surface area contributed by atoms with E-state index in [1.807, 2.05) is 47.4 Å². The topological polar surface area (TPSA) is 93.0 Å². The van der Waals surface area contributed by atoms with Gasteiger partial charge in [-0.3, -0.25) is 14.3 Å². The van der Waals surface area contributed by atoms with E-state index in [-0.39, 0.29) is 17.7 Å². The van der Waals surface area contributed by atoms with Crippen LogP contribution in [-0.4, -0.2) is 55.3 Å². The molecule has 0 atom stereocenters. The summed E-state index contributed by atoms with van der Waals surface area (Å²) in [6, 6.07) is 15.3. The normalized spacial score (nSPS) is 13.9. The Labute approximate surface area is 229 Å². The predicted molar refractivity (Wildman–Crippen MR) is 152 cm³/mol. The lowest BCUT2D eigenvalue weighted by molar-refractivity contribution is 0.0708. The van der Waals surface area contributed by atoms with Crippen LogP contribution in [0.4, 0.5) is 5.82 Å². The number of amides is 2. The Kier molecular flexibility index (Phi) is 8.00. The molecule has 5 rings (SSSR count). The van der Waals surface area contributed by atoms with E-state index in [0.29, 0.717) is 35.9 Å². The second kappa shape index (κ2) is 11.7. The zero-order chi connectivity index (χ0) is 26.5. The van der Waals surface area contributed by atoms with Crippen LogP contribution in [0.2, 0.25) is 0 Å². The quantitative estimate of drug-likeness (QED) is 0.233. The second-order valence-electron chi connectivity index (χ2n) is 8.95. The molecule has 4 heterocycles. The van der Waals surface area contributed by atoms with E-state index < -0.39 is 0 Å². The Morgan fingerprint density at radius 2 is 1.97 bits per heavy atom. The van der Waals surface area contributed by atoms with Crippen molar-refractivity contribution < 1.29 is 9.59 Å². The predicted octanol–water partition coefficient (Wildman–Crippen LogP) is 5.49. The van der Waals surface area contributed by atoms with E-state index in [9.17, 15) is 9.59 Å². The maximum absolute atomic E-state index is 13.2. The highest BCUT2D eigenvalue weighted by Crippen LogP contribution is 2.32. The van der Waals surface area contributed by atoms with Crippen LogP contribution in [0.1, 0.15) is 44.6 Å². The lowest BCUT2D eigenvalue weighted by Crippen LogP contribution is -2.38. The molecule has 0 radical (unpaired) electrons. The van der Waals surface area contributed by atoms with Crippen LogP contribution in [0, 0.1) is 0 Å². The van der Waals surface area contributed by atoms with E-state index in [0.717, 1.165) is 34.1 Å². The molecule has 0 spiro atoms. The number of nitrogens with zero attached hydrogens (tertiary/aromatic N) is 5. The number of piperidine rings is 1. The van der Waals surface area contributed by atoms with Gasteiger partial charge in [0.05, 0.1) is 16.3 Å². The molecule has 1 N–H and O–H groups in total. The number of carbonyl (C=O) groups excluding carboxylic acids is 2. The van der Waals surface area contributed by atoms with Gasteiger partial charge in [-0.1, -0.05) is 36.4 Å². The molecule has 4 aromatic rings. The summed E-state index contributed by atoms with van der Waals surface area (Å²) in [5, 5.41) is 10.9. The fraction of sp³-hybridized carbons (Fsp3) is 0.250. The highest BCUT2D eigenvalue weighted by atomic mass is 32.2. The van der Waals surface area contributed by atoms with Crippen molar-refractivity contribution in [1.82, 2.24) is 24.6 Å². The molecule has 1 fully saturated rings. The van der Waals surface area contributed by atoms with E-state index in [1.165, 1.54) is 23.1 Å². The average Bonchev–Trinajstić information content (AvgIpc) is 3.60. The molecule has 0 aliphatic carbocycles. The van der Waals surface area contributed by atoms with Crippen LogP contribution in [0.15, 0.2) is 77.8 Å². The molecule has 1 aliphatic heterocycles. The van der Waals surface area contributed by atoms with E-state index in [1.54, 1.807) is 35.4 Å². The Morgan fingerprint density at radius 1 is 1.18 bits per heavy atom. The summed E-state index contributed by atoms with van der Waals surface area (Å²) in [5.74, 6) is 1.28. The fourth-order valence-corrected chi connectivity index (χ4v) is 6.09. The van der Waals surface area contributed by atoms with Crippen LogP contribution in [-0.2, 0) is 7.05 Å². The molecule has 0 unspecified atom stereocenters. The van der Waals surface area contributed by atoms with Gasteiger partial charge < -0.3 is 10.2 Å². The molecule has 10 heteroatoms. The minimum Gasteiger partial charge on any atom is -0.339 e. The first-order chi connectivity index (χ1) is 18.5. The number of aromatic nitrogens is 4. The number of carbonyl (C=O) groups is 2. The lowest BCUT2D eigenvalue weighted by atomic mass is 9.97. The van der Waals surface area contributed by atoms with Crippen molar-refractivity contribution in [3.8, 4) is 11.3 Å². The summed E-state index contributed by atoms with van der Waals surface area (Å²) in [7, 11) is 1.80. The fourth-order valence-electron chi connectivity index (χ4n) is 4.40.